The molecule has 47 heavy (non-hydrogen) atoms. The van der Waals surface area contributed by atoms with Crippen LogP contribution in [-0.4, -0.2) is 70.9 Å². The number of halogens is 4. The van der Waals surface area contributed by atoms with Crippen LogP contribution < -0.4 is 9.47 Å². The van der Waals surface area contributed by atoms with Crippen LogP contribution in [0.1, 0.15) is 71.9 Å². The molecule has 13 heteroatoms. The Morgan fingerprint density at radius 3 is 2.45 bits per heavy atom. The summed E-state index contributed by atoms with van der Waals surface area (Å²) in [5.41, 5.74) is -2.00. The van der Waals surface area contributed by atoms with E-state index < -0.39 is 77.2 Å². The van der Waals surface area contributed by atoms with Crippen molar-refractivity contribution in [3.05, 3.63) is 23.9 Å². The highest BCUT2D eigenvalue weighted by Gasteiger charge is 2.61. The van der Waals surface area contributed by atoms with Crippen molar-refractivity contribution in [2.45, 2.75) is 96.3 Å². The molecule has 2 saturated carbocycles. The molecule has 2 bridgehead atoms. The van der Waals surface area contributed by atoms with Gasteiger partial charge in [0.05, 0.1) is 43.1 Å². The number of fused-ring (bicyclic) bond motifs is 7. The Morgan fingerprint density at radius 2 is 1.77 bits per heavy atom. The zero-order valence-corrected chi connectivity index (χ0v) is 27.2. The number of nitrogens with zero attached hydrogens (tertiary/aromatic N) is 3. The van der Waals surface area contributed by atoms with Crippen molar-refractivity contribution >= 4 is 29.2 Å². The quantitative estimate of drug-likeness (QED) is 0.220. The molecule has 1 aromatic heterocycles. The number of aromatic nitrogens is 2. The Labute approximate surface area is 270 Å². The summed E-state index contributed by atoms with van der Waals surface area (Å²) in [6.45, 7) is 6.84. The highest BCUT2D eigenvalue weighted by atomic mass is 19.3. The van der Waals surface area contributed by atoms with E-state index in [1.54, 1.807) is 6.92 Å². The van der Waals surface area contributed by atoms with Crippen molar-refractivity contribution in [3.8, 4) is 11.6 Å². The number of hydrogen-bond donors (Lipinski definition) is 0. The van der Waals surface area contributed by atoms with Crippen molar-refractivity contribution < 1.29 is 46.2 Å². The minimum absolute atomic E-state index is 0.0591. The zero-order valence-electron chi connectivity index (χ0n) is 27.2. The molecule has 9 nitrogen and oxygen atoms in total. The molecule has 2 unspecified atom stereocenters. The van der Waals surface area contributed by atoms with Crippen LogP contribution in [0.3, 0.4) is 0 Å². The van der Waals surface area contributed by atoms with E-state index in [2.05, 4.69) is 9.97 Å². The number of carbonyl (C=O) groups excluding carboxylic acids is 3. The third kappa shape index (κ3) is 6.03. The fourth-order valence-corrected chi connectivity index (χ4v) is 7.73. The van der Waals surface area contributed by atoms with Crippen molar-refractivity contribution in [2.75, 3.05) is 13.7 Å². The summed E-state index contributed by atoms with van der Waals surface area (Å²) in [5, 5.41) is 0. The zero-order chi connectivity index (χ0) is 34.1. The topological polar surface area (TPSA) is 108 Å². The fraction of sp³-hybridized carbons (Fsp3) is 0.676. The van der Waals surface area contributed by atoms with E-state index >= 15 is 17.6 Å². The number of hydrogen-bond acceptors (Lipinski definition) is 8. The number of methoxy groups -OCH3 is 1. The van der Waals surface area contributed by atoms with Gasteiger partial charge in [0.2, 0.25) is 11.8 Å². The van der Waals surface area contributed by atoms with Gasteiger partial charge in [-0.05, 0) is 61.0 Å². The summed E-state index contributed by atoms with van der Waals surface area (Å²) in [6, 6.07) is 3.20. The van der Waals surface area contributed by atoms with Gasteiger partial charge in [0.15, 0.2) is 5.69 Å². The van der Waals surface area contributed by atoms with E-state index in [9.17, 15) is 14.4 Å². The van der Waals surface area contributed by atoms with Gasteiger partial charge in [0.25, 0.3) is 0 Å². The summed E-state index contributed by atoms with van der Waals surface area (Å²) in [5.74, 6) is -12.2. The van der Waals surface area contributed by atoms with Crippen molar-refractivity contribution in [1.82, 2.24) is 14.9 Å². The van der Waals surface area contributed by atoms with E-state index in [-0.39, 0.29) is 48.7 Å². The smallest absolute Gasteiger partial charge is 0.356 e. The SMILES string of the molecule is COc1ccc2nc3c(nc2c1)O[C@H]1CN(C(=O)[C@H](C(C)(C)C)CC(=O)O[C@@H]2CC4CC4[C@H]2CCCC(F)(F)C3(F)F)[C@H](C=O)[C@@H]1C. The predicted molar refractivity (Wildman–Crippen MR) is 161 cm³/mol. The fourth-order valence-electron chi connectivity index (χ4n) is 7.73. The van der Waals surface area contributed by atoms with Crippen LogP contribution >= 0.6 is 0 Å². The maximum Gasteiger partial charge on any atom is 0.356 e. The van der Waals surface area contributed by atoms with E-state index in [4.69, 9.17) is 14.2 Å². The van der Waals surface area contributed by atoms with Crippen LogP contribution in [0.5, 0.6) is 11.6 Å². The first kappa shape index (κ1) is 33.4. The summed E-state index contributed by atoms with van der Waals surface area (Å²) >= 11 is 0. The Hall–Kier alpha value is -3.51. The van der Waals surface area contributed by atoms with E-state index in [0.29, 0.717) is 24.4 Å². The summed E-state index contributed by atoms with van der Waals surface area (Å²) in [7, 11) is 1.40. The van der Waals surface area contributed by atoms with Gasteiger partial charge in [-0.3, -0.25) is 9.59 Å². The first-order valence-corrected chi connectivity index (χ1v) is 16.3. The Bertz CT molecular complexity index is 1560. The standard InChI is InChI=1S/C34H41F4N3O6/c1-17-25(16-42)41-15-27(17)47-30-29(39-23-9-8-19(45-5)13-24(23)40-30)34(37,38)33(35,36)10-6-7-20-21-11-18(21)12-26(20)46-28(43)14-22(31(41)44)32(2,3)4/h8-9,13,16-18,20-22,25-27H,6-7,10-12,14-15H2,1-5H3/t17-,18?,20+,21?,22+,25+,26+,27-/m0/s1. The van der Waals surface area contributed by atoms with Crippen LogP contribution in [0.2, 0.25) is 0 Å². The van der Waals surface area contributed by atoms with Gasteiger partial charge in [-0.25, -0.2) is 9.97 Å². The van der Waals surface area contributed by atoms with Gasteiger partial charge in [0, 0.05) is 18.4 Å². The number of amides is 1. The summed E-state index contributed by atoms with van der Waals surface area (Å²) < 4.78 is 80.5. The Kier molecular flexibility index (Phi) is 8.44. The molecule has 2 aromatic rings. The molecule has 6 rings (SSSR count). The highest BCUT2D eigenvalue weighted by molar-refractivity contribution is 5.87. The Balaban J connectivity index is 1.44. The number of aldehydes is 1. The molecule has 0 spiro atoms. The van der Waals surface area contributed by atoms with Gasteiger partial charge in [-0.15, -0.1) is 0 Å². The number of alkyl halides is 4. The van der Waals surface area contributed by atoms with E-state index in [1.165, 1.54) is 30.2 Å². The second-order valence-electron chi connectivity index (χ2n) is 14.7. The lowest BCUT2D eigenvalue weighted by Crippen LogP contribution is -2.46. The number of esters is 1. The number of carbonyl (C=O) groups is 3. The molecule has 4 aliphatic rings. The van der Waals surface area contributed by atoms with Gasteiger partial charge in [0.1, 0.15) is 24.2 Å². The molecule has 2 aliphatic heterocycles. The number of benzene rings is 1. The molecule has 3 fully saturated rings. The molecule has 8 atom stereocenters. The second-order valence-corrected chi connectivity index (χ2v) is 14.7. The van der Waals surface area contributed by atoms with Crippen LogP contribution in [-0.2, 0) is 25.0 Å². The maximum atomic E-state index is 16.1. The van der Waals surface area contributed by atoms with Gasteiger partial charge < -0.3 is 23.9 Å². The van der Waals surface area contributed by atoms with Crippen LogP contribution in [0.4, 0.5) is 17.6 Å². The van der Waals surface area contributed by atoms with E-state index in [1.807, 2.05) is 20.8 Å². The molecule has 1 amide bonds. The summed E-state index contributed by atoms with van der Waals surface area (Å²) in [4.78, 5) is 49.3. The molecule has 2 aliphatic carbocycles. The first-order valence-electron chi connectivity index (χ1n) is 16.3. The van der Waals surface area contributed by atoms with Crippen molar-refractivity contribution in [2.24, 2.45) is 35.0 Å². The third-order valence-corrected chi connectivity index (χ3v) is 10.7. The maximum absolute atomic E-state index is 16.1. The molecule has 256 valence electrons. The lowest BCUT2D eigenvalue weighted by Gasteiger charge is -2.34. The minimum Gasteiger partial charge on any atom is -0.497 e. The average molecular weight is 664 g/mol. The minimum atomic E-state index is -4.78. The predicted octanol–water partition coefficient (Wildman–Crippen LogP) is 5.96. The van der Waals surface area contributed by atoms with Gasteiger partial charge >= 0.3 is 17.8 Å². The lowest BCUT2D eigenvalue weighted by molar-refractivity contribution is -0.223. The first-order chi connectivity index (χ1) is 22.1. The monoisotopic (exact) mass is 663 g/mol. The molecular formula is C34H41F4N3O6. The molecule has 0 radical (unpaired) electrons. The van der Waals surface area contributed by atoms with Gasteiger partial charge in [-0.1, -0.05) is 27.7 Å². The van der Waals surface area contributed by atoms with Crippen LogP contribution in [0.15, 0.2) is 18.2 Å². The highest BCUT2D eigenvalue weighted by Crippen LogP contribution is 2.58. The largest absolute Gasteiger partial charge is 0.497 e. The molecule has 3 heterocycles. The Morgan fingerprint density at radius 1 is 1.02 bits per heavy atom. The third-order valence-electron chi connectivity index (χ3n) is 10.7. The van der Waals surface area contributed by atoms with Crippen molar-refractivity contribution in [1.29, 1.82) is 0 Å². The molecule has 0 N–H and O–H groups in total. The van der Waals surface area contributed by atoms with E-state index in [0.717, 1.165) is 6.42 Å². The molecule has 1 aromatic carbocycles. The molecule has 1 saturated heterocycles. The lowest BCUT2D eigenvalue weighted by atomic mass is 9.77. The van der Waals surface area contributed by atoms with Crippen molar-refractivity contribution in [3.63, 3.8) is 0 Å². The second kappa shape index (κ2) is 11.9. The normalized spacial score (nSPS) is 33.9. The number of ether oxygens (including phenoxy) is 3. The van der Waals surface area contributed by atoms with Crippen LogP contribution in [0.25, 0.3) is 11.0 Å². The summed E-state index contributed by atoms with van der Waals surface area (Å²) in [6.07, 6.45) is -0.961. The van der Waals surface area contributed by atoms with Crippen LogP contribution in [0, 0.1) is 35.0 Å². The van der Waals surface area contributed by atoms with Gasteiger partial charge in [-0.2, -0.15) is 17.6 Å². The average Bonchev–Trinajstić information content (AvgIpc) is 3.58. The number of rotatable bonds is 2. The molecular weight excluding hydrogens is 622 g/mol.